The molecule has 0 bridgehead atoms. The Labute approximate surface area is 189 Å². The largest absolute Gasteiger partial charge is 0.478 e. The number of esters is 1. The molecule has 0 spiro atoms. The van der Waals surface area contributed by atoms with Crippen LogP contribution in [-0.4, -0.2) is 17.0 Å². The number of hydrogen-bond donors (Lipinski definition) is 1. The van der Waals surface area contributed by atoms with Crippen molar-refractivity contribution in [3.63, 3.8) is 0 Å². The van der Waals surface area contributed by atoms with Crippen LogP contribution in [0.4, 0.5) is 0 Å². The second-order valence-corrected chi connectivity index (χ2v) is 10.3. The third-order valence-electron chi connectivity index (χ3n) is 6.95. The molecule has 4 heteroatoms. The molecule has 0 heterocycles. The number of carbonyl (C=O) groups excluding carboxylic acids is 1. The number of fused-ring (bicyclic) bond motifs is 2. The van der Waals surface area contributed by atoms with Crippen LogP contribution < -0.4 is 4.74 Å². The molecule has 0 aliphatic heterocycles. The summed E-state index contributed by atoms with van der Waals surface area (Å²) >= 11 is 0. The molecule has 3 aromatic rings. The van der Waals surface area contributed by atoms with Crippen molar-refractivity contribution in [1.82, 2.24) is 0 Å². The third-order valence-corrected chi connectivity index (χ3v) is 6.95. The molecular weight excluding hydrogens is 400 g/mol. The third kappa shape index (κ3) is 3.68. The number of benzene rings is 3. The van der Waals surface area contributed by atoms with Crippen LogP contribution in [0.5, 0.6) is 5.75 Å². The molecule has 0 saturated carbocycles. The van der Waals surface area contributed by atoms with Gasteiger partial charge < -0.3 is 9.84 Å². The highest BCUT2D eigenvalue weighted by Crippen LogP contribution is 2.47. The molecule has 3 aromatic carbocycles. The van der Waals surface area contributed by atoms with Gasteiger partial charge in [-0.15, -0.1) is 0 Å². The first-order valence-electron chi connectivity index (χ1n) is 11.1. The fraction of sp³-hybridized carbons (Fsp3) is 0.357. The van der Waals surface area contributed by atoms with E-state index in [0.29, 0.717) is 22.1 Å². The van der Waals surface area contributed by atoms with Gasteiger partial charge in [-0.1, -0.05) is 58.0 Å². The van der Waals surface area contributed by atoms with Gasteiger partial charge in [-0.2, -0.15) is 0 Å². The van der Waals surface area contributed by atoms with Crippen molar-refractivity contribution in [3.05, 3.63) is 64.7 Å². The predicted octanol–water partition coefficient (Wildman–Crippen LogP) is 6.79. The van der Waals surface area contributed by atoms with E-state index < -0.39 is 11.9 Å². The molecule has 0 radical (unpaired) electrons. The van der Waals surface area contributed by atoms with Crippen molar-refractivity contribution in [2.45, 2.75) is 65.2 Å². The number of ether oxygens (including phenoxy) is 1. The summed E-state index contributed by atoms with van der Waals surface area (Å²) in [6, 6.07) is 14.0. The molecule has 1 N–H and O–H groups in total. The smallest absolute Gasteiger partial charge is 0.336 e. The summed E-state index contributed by atoms with van der Waals surface area (Å²) in [5.74, 6) is -1.04. The fourth-order valence-corrected chi connectivity index (χ4v) is 5.00. The SMILES string of the molecule is CC(=O)Oc1cc(C)c(C(=O)O)c2ccc(-c3ccc4c(c3)C(C)(C)CCC4(C)C)cc12. The molecule has 166 valence electrons. The summed E-state index contributed by atoms with van der Waals surface area (Å²) < 4.78 is 5.45. The second-order valence-electron chi connectivity index (χ2n) is 10.3. The molecule has 1 aliphatic carbocycles. The zero-order valence-electron chi connectivity index (χ0n) is 19.6. The molecule has 0 unspecified atom stereocenters. The number of aromatic carboxylic acids is 1. The minimum absolute atomic E-state index is 0.0915. The Bertz CT molecular complexity index is 1260. The highest BCUT2D eigenvalue weighted by Gasteiger charge is 2.37. The maximum atomic E-state index is 11.9. The van der Waals surface area contributed by atoms with E-state index in [-0.39, 0.29) is 16.4 Å². The summed E-state index contributed by atoms with van der Waals surface area (Å²) in [4.78, 5) is 23.6. The van der Waals surface area contributed by atoms with Gasteiger partial charge in [0.25, 0.3) is 0 Å². The highest BCUT2D eigenvalue weighted by molar-refractivity contribution is 6.08. The van der Waals surface area contributed by atoms with Gasteiger partial charge in [-0.05, 0) is 70.5 Å². The van der Waals surface area contributed by atoms with E-state index in [1.807, 2.05) is 18.2 Å². The maximum absolute atomic E-state index is 11.9. The van der Waals surface area contributed by atoms with Gasteiger partial charge >= 0.3 is 11.9 Å². The van der Waals surface area contributed by atoms with E-state index in [2.05, 4.69) is 45.9 Å². The summed E-state index contributed by atoms with van der Waals surface area (Å²) in [6.45, 7) is 12.3. The van der Waals surface area contributed by atoms with E-state index in [1.165, 1.54) is 18.1 Å². The van der Waals surface area contributed by atoms with E-state index in [4.69, 9.17) is 4.74 Å². The fourth-order valence-electron chi connectivity index (χ4n) is 5.00. The lowest BCUT2D eigenvalue weighted by molar-refractivity contribution is -0.131. The molecular formula is C28H30O4. The summed E-state index contributed by atoms with van der Waals surface area (Å²) in [5, 5.41) is 10.9. The molecule has 0 atom stereocenters. The highest BCUT2D eigenvalue weighted by atomic mass is 16.5. The Kier molecular flexibility index (Phi) is 5.15. The van der Waals surface area contributed by atoms with Gasteiger partial charge in [0.05, 0.1) is 5.56 Å². The average Bonchev–Trinajstić information content (AvgIpc) is 2.70. The topological polar surface area (TPSA) is 63.6 Å². The Morgan fingerprint density at radius 1 is 0.844 bits per heavy atom. The monoisotopic (exact) mass is 430 g/mol. The van der Waals surface area contributed by atoms with Gasteiger partial charge in [-0.25, -0.2) is 4.79 Å². The first-order valence-corrected chi connectivity index (χ1v) is 11.1. The van der Waals surface area contributed by atoms with Crippen molar-refractivity contribution in [2.75, 3.05) is 0 Å². The van der Waals surface area contributed by atoms with E-state index >= 15 is 0 Å². The lowest BCUT2D eigenvalue weighted by Gasteiger charge is -2.42. The second kappa shape index (κ2) is 7.47. The van der Waals surface area contributed by atoms with E-state index in [0.717, 1.165) is 24.0 Å². The van der Waals surface area contributed by atoms with Crippen LogP contribution in [0.3, 0.4) is 0 Å². The standard InChI is InChI=1S/C28H30O4/c1-16-13-24(32-17(2)29)21-14-18(7-9-20(21)25(16)26(30)31)19-8-10-22-23(15-19)28(5,6)12-11-27(22,3)4/h7-10,13-15H,11-12H2,1-6H3,(H,30,31). The number of carboxylic acid groups (broad SMARTS) is 1. The summed E-state index contributed by atoms with van der Waals surface area (Å²) in [5.41, 5.74) is 5.82. The number of carboxylic acids is 1. The van der Waals surface area contributed by atoms with Crippen LogP contribution in [0.15, 0.2) is 42.5 Å². The quantitative estimate of drug-likeness (QED) is 0.367. The molecule has 0 amide bonds. The van der Waals surface area contributed by atoms with Crippen LogP contribution in [0.2, 0.25) is 0 Å². The van der Waals surface area contributed by atoms with Crippen molar-refractivity contribution >= 4 is 22.7 Å². The summed E-state index contributed by atoms with van der Waals surface area (Å²) in [6.07, 6.45) is 2.29. The molecule has 4 nitrogen and oxygen atoms in total. The molecule has 0 saturated heterocycles. The van der Waals surface area contributed by atoms with Crippen LogP contribution >= 0.6 is 0 Å². The molecule has 0 fully saturated rings. The lowest BCUT2D eigenvalue weighted by Crippen LogP contribution is -2.33. The number of hydrogen-bond acceptors (Lipinski definition) is 3. The van der Waals surface area contributed by atoms with Gasteiger partial charge in [0, 0.05) is 17.7 Å². The van der Waals surface area contributed by atoms with Crippen molar-refractivity contribution < 1.29 is 19.4 Å². The first-order chi connectivity index (χ1) is 14.9. The Balaban J connectivity index is 1.94. The molecule has 0 aromatic heterocycles. The molecule has 1 aliphatic rings. The van der Waals surface area contributed by atoms with Crippen LogP contribution in [0.25, 0.3) is 21.9 Å². The van der Waals surface area contributed by atoms with E-state index in [1.54, 1.807) is 13.0 Å². The van der Waals surface area contributed by atoms with E-state index in [9.17, 15) is 14.7 Å². The predicted molar refractivity (Wildman–Crippen MR) is 128 cm³/mol. The van der Waals surface area contributed by atoms with Gasteiger partial charge in [0.2, 0.25) is 0 Å². The first kappa shape index (κ1) is 22.1. The Hall–Kier alpha value is -3.14. The zero-order valence-corrected chi connectivity index (χ0v) is 19.6. The van der Waals surface area contributed by atoms with Crippen LogP contribution in [0.1, 0.15) is 74.5 Å². The minimum Gasteiger partial charge on any atom is -0.478 e. The Morgan fingerprint density at radius 2 is 1.44 bits per heavy atom. The number of aryl methyl sites for hydroxylation is 1. The normalized spacial score (nSPS) is 16.4. The van der Waals surface area contributed by atoms with Crippen molar-refractivity contribution in [2.24, 2.45) is 0 Å². The number of rotatable bonds is 3. The average molecular weight is 431 g/mol. The number of carbonyl (C=O) groups is 2. The van der Waals surface area contributed by atoms with Gasteiger partial charge in [0.15, 0.2) is 0 Å². The van der Waals surface area contributed by atoms with Gasteiger partial charge in [-0.3, -0.25) is 4.79 Å². The van der Waals surface area contributed by atoms with Crippen molar-refractivity contribution in [1.29, 1.82) is 0 Å². The zero-order chi connectivity index (χ0) is 23.4. The Morgan fingerprint density at radius 3 is 2.06 bits per heavy atom. The lowest BCUT2D eigenvalue weighted by atomic mass is 9.63. The van der Waals surface area contributed by atoms with Gasteiger partial charge in [0.1, 0.15) is 5.75 Å². The van der Waals surface area contributed by atoms with Crippen molar-refractivity contribution in [3.8, 4) is 16.9 Å². The van der Waals surface area contributed by atoms with Crippen LogP contribution in [-0.2, 0) is 15.6 Å². The molecule has 32 heavy (non-hydrogen) atoms. The van der Waals surface area contributed by atoms with Crippen LogP contribution in [0, 0.1) is 6.92 Å². The minimum atomic E-state index is -0.993. The summed E-state index contributed by atoms with van der Waals surface area (Å²) in [7, 11) is 0. The maximum Gasteiger partial charge on any atom is 0.336 e. The molecule has 4 rings (SSSR count).